The molecule has 1 aromatic carbocycles. The van der Waals surface area contributed by atoms with Gasteiger partial charge in [0.25, 0.3) is 11.5 Å². The van der Waals surface area contributed by atoms with Crippen molar-refractivity contribution >= 4 is 12.0 Å². The van der Waals surface area contributed by atoms with Crippen LogP contribution in [0.4, 0.5) is 9.18 Å². The fourth-order valence-corrected chi connectivity index (χ4v) is 3.95. The van der Waals surface area contributed by atoms with Gasteiger partial charge >= 0.3 is 6.09 Å². The van der Waals surface area contributed by atoms with Crippen LogP contribution in [-0.2, 0) is 23.4 Å². The van der Waals surface area contributed by atoms with Crippen molar-refractivity contribution in [2.24, 2.45) is 0 Å². The third-order valence-electron chi connectivity index (χ3n) is 5.67. The second-order valence-electron chi connectivity index (χ2n) is 7.51. The number of amides is 2. The average molecular weight is 432 g/mol. The Labute approximate surface area is 175 Å². The third kappa shape index (κ3) is 3.83. The number of ether oxygens (including phenoxy) is 1. The number of hydrogen-bond acceptors (Lipinski definition) is 6. The van der Waals surface area contributed by atoms with Gasteiger partial charge < -0.3 is 25.2 Å². The van der Waals surface area contributed by atoms with Crippen LogP contribution < -0.4 is 10.9 Å². The summed E-state index contributed by atoms with van der Waals surface area (Å²) in [4.78, 5) is 42.2. The summed E-state index contributed by atoms with van der Waals surface area (Å²) in [5.74, 6) is -1.72. The quantitative estimate of drug-likeness (QED) is 0.659. The number of carboxylic acid groups (broad SMARTS) is 1. The van der Waals surface area contributed by atoms with E-state index in [9.17, 15) is 29.0 Å². The van der Waals surface area contributed by atoms with E-state index in [0.29, 0.717) is 5.56 Å². The maximum absolute atomic E-state index is 13.0. The van der Waals surface area contributed by atoms with Crippen LogP contribution in [0.15, 0.2) is 29.1 Å². The van der Waals surface area contributed by atoms with E-state index in [1.54, 1.807) is 0 Å². The van der Waals surface area contributed by atoms with Crippen molar-refractivity contribution in [3.8, 4) is 5.75 Å². The summed E-state index contributed by atoms with van der Waals surface area (Å²) in [6, 6.07) is 5.52. The standard InChI is InChI=1S/C20H21FN4O6/c21-13-3-1-12(2-4-13)11-22-16(27)14-15(26)17(28)25-9-10-31-20(18(25)23-14)5-7-24(8-6-20)19(29)30/h1-4,26H,5-11H2,(H,22,27)(H,29,30). The predicted octanol–water partition coefficient (Wildman–Crippen LogP) is 1.02. The van der Waals surface area contributed by atoms with Gasteiger partial charge in [0.2, 0.25) is 5.75 Å². The topological polar surface area (TPSA) is 134 Å². The molecule has 0 aliphatic carbocycles. The van der Waals surface area contributed by atoms with Crippen molar-refractivity contribution in [3.63, 3.8) is 0 Å². The fourth-order valence-electron chi connectivity index (χ4n) is 3.95. The van der Waals surface area contributed by atoms with Crippen molar-refractivity contribution in [3.05, 3.63) is 57.5 Å². The molecule has 2 aliphatic heterocycles. The summed E-state index contributed by atoms with van der Waals surface area (Å²) < 4.78 is 20.3. The van der Waals surface area contributed by atoms with Crippen LogP contribution in [0.25, 0.3) is 0 Å². The van der Waals surface area contributed by atoms with Crippen molar-refractivity contribution < 1.29 is 28.9 Å². The zero-order valence-corrected chi connectivity index (χ0v) is 16.5. The molecule has 2 aromatic rings. The molecule has 3 N–H and O–H groups in total. The molecule has 4 rings (SSSR count). The lowest BCUT2D eigenvalue weighted by Gasteiger charge is -2.43. The first kappa shape index (κ1) is 20.8. The minimum Gasteiger partial charge on any atom is -0.501 e. The number of halogens is 1. The molecule has 164 valence electrons. The third-order valence-corrected chi connectivity index (χ3v) is 5.67. The fraction of sp³-hybridized carbons (Fsp3) is 0.400. The molecule has 10 nitrogen and oxygen atoms in total. The zero-order chi connectivity index (χ0) is 22.2. The van der Waals surface area contributed by atoms with E-state index in [4.69, 9.17) is 4.74 Å². The summed E-state index contributed by atoms with van der Waals surface area (Å²) in [6.07, 6.45) is -0.497. The number of piperidine rings is 1. The molecule has 3 heterocycles. The Kier molecular flexibility index (Phi) is 5.36. The highest BCUT2D eigenvalue weighted by Crippen LogP contribution is 2.38. The number of aromatic hydroxyl groups is 1. The molecule has 0 saturated carbocycles. The predicted molar refractivity (Wildman–Crippen MR) is 104 cm³/mol. The number of fused-ring (bicyclic) bond motifs is 2. The number of carbonyl (C=O) groups is 2. The minimum atomic E-state index is -1.04. The second-order valence-corrected chi connectivity index (χ2v) is 7.51. The molecular formula is C20H21FN4O6. The highest BCUT2D eigenvalue weighted by molar-refractivity contribution is 5.94. The molecule has 2 amide bonds. The van der Waals surface area contributed by atoms with E-state index < -0.39 is 40.4 Å². The van der Waals surface area contributed by atoms with Crippen LogP contribution in [0, 0.1) is 5.82 Å². The molecule has 1 fully saturated rings. The van der Waals surface area contributed by atoms with Crippen LogP contribution in [0.1, 0.15) is 34.7 Å². The molecule has 11 heteroatoms. The summed E-state index contributed by atoms with van der Waals surface area (Å²) in [5.41, 5.74) is -1.56. The molecule has 2 aliphatic rings. The Bertz CT molecular complexity index is 1080. The van der Waals surface area contributed by atoms with Gasteiger partial charge in [0.1, 0.15) is 17.2 Å². The summed E-state index contributed by atoms with van der Waals surface area (Å²) in [6.45, 7) is 0.804. The first-order chi connectivity index (χ1) is 14.8. The van der Waals surface area contributed by atoms with Crippen molar-refractivity contribution in [1.82, 2.24) is 19.8 Å². The van der Waals surface area contributed by atoms with Gasteiger partial charge in [-0.3, -0.25) is 14.2 Å². The van der Waals surface area contributed by atoms with E-state index in [0.717, 1.165) is 0 Å². The number of carbonyl (C=O) groups excluding carboxylic acids is 1. The van der Waals surface area contributed by atoms with E-state index in [1.807, 2.05) is 0 Å². The molecule has 0 unspecified atom stereocenters. The number of benzene rings is 1. The molecule has 1 saturated heterocycles. The smallest absolute Gasteiger partial charge is 0.407 e. The molecule has 0 radical (unpaired) electrons. The lowest BCUT2D eigenvalue weighted by molar-refractivity contribution is -0.114. The van der Waals surface area contributed by atoms with Gasteiger partial charge in [-0.05, 0) is 17.7 Å². The first-order valence-electron chi connectivity index (χ1n) is 9.79. The largest absolute Gasteiger partial charge is 0.501 e. The van der Waals surface area contributed by atoms with E-state index in [2.05, 4.69) is 10.3 Å². The number of likely N-dealkylation sites (tertiary alicyclic amines) is 1. The van der Waals surface area contributed by atoms with Crippen molar-refractivity contribution in [2.45, 2.75) is 31.5 Å². The van der Waals surface area contributed by atoms with Gasteiger partial charge in [0.05, 0.1) is 13.2 Å². The highest BCUT2D eigenvalue weighted by atomic mass is 19.1. The molecule has 31 heavy (non-hydrogen) atoms. The van der Waals surface area contributed by atoms with E-state index in [-0.39, 0.29) is 51.5 Å². The Hall–Kier alpha value is -3.47. The molecular weight excluding hydrogens is 411 g/mol. The minimum absolute atomic E-state index is 0.0495. The Morgan fingerprint density at radius 1 is 1.19 bits per heavy atom. The van der Waals surface area contributed by atoms with E-state index >= 15 is 0 Å². The number of nitrogens with zero attached hydrogens (tertiary/aromatic N) is 3. The van der Waals surface area contributed by atoms with Crippen molar-refractivity contribution in [1.29, 1.82) is 0 Å². The number of nitrogens with one attached hydrogen (secondary N) is 1. The van der Waals surface area contributed by atoms with E-state index in [1.165, 1.54) is 33.7 Å². The summed E-state index contributed by atoms with van der Waals surface area (Å²) in [5, 5.41) is 22.1. The number of hydrogen-bond donors (Lipinski definition) is 3. The molecule has 1 aromatic heterocycles. The monoisotopic (exact) mass is 432 g/mol. The Morgan fingerprint density at radius 2 is 1.87 bits per heavy atom. The lowest BCUT2D eigenvalue weighted by Crippen LogP contribution is -2.52. The maximum atomic E-state index is 13.0. The zero-order valence-electron chi connectivity index (χ0n) is 16.5. The molecule has 1 spiro atoms. The first-order valence-corrected chi connectivity index (χ1v) is 9.79. The van der Waals surface area contributed by atoms with Gasteiger partial charge in [-0.15, -0.1) is 0 Å². The Morgan fingerprint density at radius 3 is 2.52 bits per heavy atom. The van der Waals surface area contributed by atoms with Crippen LogP contribution in [-0.4, -0.2) is 56.4 Å². The molecule has 0 atom stereocenters. The normalized spacial score (nSPS) is 17.3. The van der Waals surface area contributed by atoms with Gasteiger partial charge in [-0.2, -0.15) is 0 Å². The number of aromatic nitrogens is 2. The summed E-state index contributed by atoms with van der Waals surface area (Å²) in [7, 11) is 0. The highest BCUT2D eigenvalue weighted by Gasteiger charge is 2.45. The van der Waals surface area contributed by atoms with Gasteiger partial charge in [0, 0.05) is 32.5 Å². The SMILES string of the molecule is O=C(NCc1ccc(F)cc1)c1nc2n(c(=O)c1O)CCOC21CCN(C(=O)O)CC1. The lowest BCUT2D eigenvalue weighted by atomic mass is 9.89. The van der Waals surface area contributed by atoms with Crippen LogP contribution in [0.2, 0.25) is 0 Å². The summed E-state index contributed by atoms with van der Waals surface area (Å²) >= 11 is 0. The molecule has 0 bridgehead atoms. The Balaban J connectivity index is 1.62. The average Bonchev–Trinajstić information content (AvgIpc) is 2.76. The van der Waals surface area contributed by atoms with Gasteiger partial charge in [0.15, 0.2) is 5.69 Å². The van der Waals surface area contributed by atoms with Crippen molar-refractivity contribution in [2.75, 3.05) is 19.7 Å². The van der Waals surface area contributed by atoms with Gasteiger partial charge in [-0.25, -0.2) is 14.2 Å². The number of rotatable bonds is 3. The maximum Gasteiger partial charge on any atom is 0.407 e. The van der Waals surface area contributed by atoms with Gasteiger partial charge in [-0.1, -0.05) is 12.1 Å². The van der Waals surface area contributed by atoms with Crippen LogP contribution in [0.5, 0.6) is 5.75 Å². The second kappa shape index (κ2) is 7.99. The van der Waals surface area contributed by atoms with Crippen LogP contribution >= 0.6 is 0 Å². The van der Waals surface area contributed by atoms with Crippen LogP contribution in [0.3, 0.4) is 0 Å².